The van der Waals surface area contributed by atoms with Gasteiger partial charge in [0.1, 0.15) is 0 Å². The lowest BCUT2D eigenvalue weighted by atomic mass is 10.0. The third-order valence-corrected chi connectivity index (χ3v) is 4.66. The number of unbranched alkanes of at least 4 members (excludes halogenated alkanes) is 1. The highest BCUT2D eigenvalue weighted by Gasteiger charge is 2.19. The highest BCUT2D eigenvalue weighted by atomic mass is 16.3. The number of nitrogens with one attached hydrogen (secondary N) is 2. The van der Waals surface area contributed by atoms with Crippen molar-refractivity contribution in [3.05, 3.63) is 35.4 Å². The Balaban J connectivity index is 1.59. The van der Waals surface area contributed by atoms with Gasteiger partial charge in [-0.25, -0.2) is 4.79 Å². The minimum absolute atomic E-state index is 0.0611. The van der Waals surface area contributed by atoms with Gasteiger partial charge in [-0.05, 0) is 43.4 Å². The summed E-state index contributed by atoms with van der Waals surface area (Å²) in [7, 11) is 0. The molecule has 1 heterocycles. The van der Waals surface area contributed by atoms with E-state index in [-0.39, 0.29) is 12.6 Å². The summed E-state index contributed by atoms with van der Waals surface area (Å²) in [5.41, 5.74) is 2.08. The van der Waals surface area contributed by atoms with Gasteiger partial charge in [-0.2, -0.15) is 0 Å². The van der Waals surface area contributed by atoms with Crippen molar-refractivity contribution in [2.75, 3.05) is 26.2 Å². The van der Waals surface area contributed by atoms with Crippen LogP contribution in [0, 0.1) is 0 Å². The summed E-state index contributed by atoms with van der Waals surface area (Å²) in [6.07, 6.45) is 5.38. The summed E-state index contributed by atoms with van der Waals surface area (Å²) in [6, 6.07) is 8.07. The number of amides is 2. The summed E-state index contributed by atoms with van der Waals surface area (Å²) in [6.45, 7) is 6.27. The average molecular weight is 333 g/mol. The van der Waals surface area contributed by atoms with Crippen molar-refractivity contribution < 1.29 is 9.90 Å². The highest BCUT2D eigenvalue weighted by molar-refractivity contribution is 5.74. The molecule has 1 aromatic rings. The van der Waals surface area contributed by atoms with Gasteiger partial charge in [0.2, 0.25) is 0 Å². The van der Waals surface area contributed by atoms with Crippen LogP contribution in [0.15, 0.2) is 24.3 Å². The molecule has 5 heteroatoms. The number of nitrogens with zero attached hydrogens (tertiary/aromatic N) is 1. The van der Waals surface area contributed by atoms with E-state index in [0.717, 1.165) is 43.5 Å². The third kappa shape index (κ3) is 6.49. The third-order valence-electron chi connectivity index (χ3n) is 4.66. The predicted molar refractivity (Wildman–Crippen MR) is 97.0 cm³/mol. The minimum atomic E-state index is -0.0611. The Bertz CT molecular complexity index is 482. The van der Waals surface area contributed by atoms with E-state index in [0.29, 0.717) is 12.6 Å². The number of aliphatic hydroxyl groups is 1. The maximum atomic E-state index is 12.0. The Morgan fingerprint density at radius 2 is 1.88 bits per heavy atom. The van der Waals surface area contributed by atoms with Crippen LogP contribution in [-0.4, -0.2) is 48.3 Å². The Labute approximate surface area is 145 Å². The lowest BCUT2D eigenvalue weighted by Crippen LogP contribution is -2.48. The van der Waals surface area contributed by atoms with Crippen molar-refractivity contribution in [3.63, 3.8) is 0 Å². The van der Waals surface area contributed by atoms with Crippen LogP contribution in [-0.2, 0) is 13.0 Å². The summed E-state index contributed by atoms with van der Waals surface area (Å²) in [4.78, 5) is 14.5. The molecule has 0 aromatic heterocycles. The van der Waals surface area contributed by atoms with Crippen molar-refractivity contribution in [1.29, 1.82) is 0 Å². The van der Waals surface area contributed by atoms with Crippen LogP contribution in [0.4, 0.5) is 4.79 Å². The molecule has 0 bridgehead atoms. The molecule has 0 aliphatic carbocycles. The lowest BCUT2D eigenvalue weighted by molar-refractivity contribution is 0.190. The molecule has 1 saturated heterocycles. The molecule has 0 spiro atoms. The van der Waals surface area contributed by atoms with E-state index in [4.69, 9.17) is 5.11 Å². The standard InChI is InChI=1S/C19H31N3O2/c1-2-3-12-22-13-9-18(10-14-22)21-19(24)20-11-8-16-4-6-17(15-23)7-5-16/h4-7,18,23H,2-3,8-15H2,1H3,(H2,20,21,24). The van der Waals surface area contributed by atoms with Crippen LogP contribution in [0.25, 0.3) is 0 Å². The number of aliphatic hydroxyl groups excluding tert-OH is 1. The molecular weight excluding hydrogens is 302 g/mol. The largest absolute Gasteiger partial charge is 0.392 e. The highest BCUT2D eigenvalue weighted by Crippen LogP contribution is 2.11. The molecule has 0 unspecified atom stereocenters. The molecule has 2 amide bonds. The van der Waals surface area contributed by atoms with Gasteiger partial charge in [0.15, 0.2) is 0 Å². The number of carbonyl (C=O) groups is 1. The summed E-state index contributed by atoms with van der Waals surface area (Å²) in [5.74, 6) is 0. The average Bonchev–Trinajstić information content (AvgIpc) is 2.62. The van der Waals surface area contributed by atoms with Crippen molar-refractivity contribution >= 4 is 6.03 Å². The molecule has 0 saturated carbocycles. The molecule has 24 heavy (non-hydrogen) atoms. The van der Waals surface area contributed by atoms with Gasteiger partial charge < -0.3 is 20.6 Å². The molecule has 5 nitrogen and oxygen atoms in total. The summed E-state index contributed by atoms with van der Waals surface area (Å²) >= 11 is 0. The van der Waals surface area contributed by atoms with Gasteiger partial charge >= 0.3 is 6.03 Å². The molecule has 134 valence electrons. The Kier molecular flexibility index (Phi) is 8.05. The number of carbonyl (C=O) groups excluding carboxylic acids is 1. The Morgan fingerprint density at radius 3 is 2.50 bits per heavy atom. The fraction of sp³-hybridized carbons (Fsp3) is 0.632. The van der Waals surface area contributed by atoms with Crippen molar-refractivity contribution in [2.45, 2.75) is 51.7 Å². The Hall–Kier alpha value is -1.59. The van der Waals surface area contributed by atoms with E-state index in [9.17, 15) is 4.79 Å². The molecule has 3 N–H and O–H groups in total. The molecule has 2 rings (SSSR count). The van der Waals surface area contributed by atoms with Gasteiger partial charge in [0, 0.05) is 25.7 Å². The zero-order valence-corrected chi connectivity index (χ0v) is 14.8. The number of rotatable bonds is 8. The van der Waals surface area contributed by atoms with E-state index >= 15 is 0 Å². The van der Waals surface area contributed by atoms with Crippen LogP contribution in [0.5, 0.6) is 0 Å². The SMILES string of the molecule is CCCCN1CCC(NC(=O)NCCc2ccc(CO)cc2)CC1. The van der Waals surface area contributed by atoms with Crippen LogP contribution in [0.2, 0.25) is 0 Å². The van der Waals surface area contributed by atoms with Crippen LogP contribution in [0.3, 0.4) is 0 Å². The monoisotopic (exact) mass is 333 g/mol. The number of piperidine rings is 1. The van der Waals surface area contributed by atoms with Gasteiger partial charge in [-0.15, -0.1) is 0 Å². The summed E-state index contributed by atoms with van der Waals surface area (Å²) < 4.78 is 0. The number of hydrogen-bond donors (Lipinski definition) is 3. The number of urea groups is 1. The van der Waals surface area contributed by atoms with E-state index in [1.54, 1.807) is 0 Å². The van der Waals surface area contributed by atoms with E-state index in [2.05, 4.69) is 22.5 Å². The smallest absolute Gasteiger partial charge is 0.315 e. The molecule has 1 fully saturated rings. The van der Waals surface area contributed by atoms with Gasteiger partial charge in [-0.1, -0.05) is 37.6 Å². The molecular formula is C19H31N3O2. The molecule has 0 radical (unpaired) electrons. The molecule has 1 aliphatic heterocycles. The normalized spacial score (nSPS) is 16.1. The number of likely N-dealkylation sites (tertiary alicyclic amines) is 1. The second kappa shape index (κ2) is 10.3. The van der Waals surface area contributed by atoms with Crippen molar-refractivity contribution in [3.8, 4) is 0 Å². The first-order valence-corrected chi connectivity index (χ1v) is 9.16. The van der Waals surface area contributed by atoms with E-state index in [1.807, 2.05) is 24.3 Å². The minimum Gasteiger partial charge on any atom is -0.392 e. The molecule has 1 aliphatic rings. The first kappa shape index (κ1) is 18.7. The van der Waals surface area contributed by atoms with Crippen molar-refractivity contribution in [2.24, 2.45) is 0 Å². The second-order valence-corrected chi connectivity index (χ2v) is 6.59. The van der Waals surface area contributed by atoms with Crippen molar-refractivity contribution in [1.82, 2.24) is 15.5 Å². The summed E-state index contributed by atoms with van der Waals surface area (Å²) in [5, 5.41) is 15.1. The van der Waals surface area contributed by atoms with Gasteiger partial charge in [-0.3, -0.25) is 0 Å². The van der Waals surface area contributed by atoms with Crippen LogP contribution in [0.1, 0.15) is 43.7 Å². The lowest BCUT2D eigenvalue weighted by Gasteiger charge is -2.32. The molecule has 1 aromatic carbocycles. The molecule has 0 atom stereocenters. The van der Waals surface area contributed by atoms with E-state index in [1.165, 1.54) is 19.4 Å². The van der Waals surface area contributed by atoms with Crippen LogP contribution >= 0.6 is 0 Å². The predicted octanol–water partition coefficient (Wildman–Crippen LogP) is 2.29. The first-order chi connectivity index (χ1) is 11.7. The van der Waals surface area contributed by atoms with E-state index < -0.39 is 0 Å². The number of benzene rings is 1. The second-order valence-electron chi connectivity index (χ2n) is 6.59. The fourth-order valence-electron chi connectivity index (χ4n) is 3.05. The topological polar surface area (TPSA) is 64.6 Å². The van der Waals surface area contributed by atoms with Gasteiger partial charge in [0.05, 0.1) is 6.61 Å². The van der Waals surface area contributed by atoms with Crippen LogP contribution < -0.4 is 10.6 Å². The zero-order valence-electron chi connectivity index (χ0n) is 14.8. The zero-order chi connectivity index (χ0) is 17.2. The maximum Gasteiger partial charge on any atom is 0.315 e. The van der Waals surface area contributed by atoms with Gasteiger partial charge in [0.25, 0.3) is 0 Å². The number of hydrogen-bond acceptors (Lipinski definition) is 3. The first-order valence-electron chi connectivity index (χ1n) is 9.16. The maximum absolute atomic E-state index is 12.0. The quantitative estimate of drug-likeness (QED) is 0.684. The fourth-order valence-corrected chi connectivity index (χ4v) is 3.05. The Morgan fingerprint density at radius 1 is 1.21 bits per heavy atom.